The Kier molecular flexibility index (Phi) is 6.75. The minimum Gasteiger partial charge on any atom is -0.353 e. The maximum Gasteiger partial charge on any atom is 0.243 e. The predicted molar refractivity (Wildman–Crippen MR) is 104 cm³/mol. The molecular formula is C19H23N3OS. The van der Waals surface area contributed by atoms with Crippen molar-refractivity contribution in [2.45, 2.75) is 26.7 Å². The summed E-state index contributed by atoms with van der Waals surface area (Å²) in [4.78, 5) is 12.1. The number of thiocarbonyl (C=S) groups is 1. The van der Waals surface area contributed by atoms with Gasteiger partial charge < -0.3 is 16.0 Å². The highest BCUT2D eigenvalue weighted by atomic mass is 32.1. The predicted octanol–water partition coefficient (Wildman–Crippen LogP) is 3.74. The van der Waals surface area contributed by atoms with Crippen LogP contribution in [0.3, 0.4) is 0 Å². The highest BCUT2D eigenvalue weighted by molar-refractivity contribution is 7.80. The molecule has 3 N–H and O–H groups in total. The van der Waals surface area contributed by atoms with Gasteiger partial charge in [-0.05, 0) is 54.4 Å². The van der Waals surface area contributed by atoms with Crippen LogP contribution in [0.5, 0.6) is 0 Å². The summed E-state index contributed by atoms with van der Waals surface area (Å²) in [6.07, 6.45) is 1.87. The van der Waals surface area contributed by atoms with Crippen molar-refractivity contribution in [3.8, 4) is 0 Å². The van der Waals surface area contributed by atoms with Crippen LogP contribution in [0, 0.1) is 0 Å². The van der Waals surface area contributed by atoms with Crippen LogP contribution in [0.4, 0.5) is 11.4 Å². The number of carbonyl (C=O) groups excluding carboxylic acids is 1. The number of rotatable bonds is 6. The van der Waals surface area contributed by atoms with Crippen molar-refractivity contribution < 1.29 is 4.79 Å². The molecule has 0 unspecified atom stereocenters. The molecule has 2 rings (SSSR count). The lowest BCUT2D eigenvalue weighted by Crippen LogP contribution is -2.35. The van der Waals surface area contributed by atoms with Crippen LogP contribution in [-0.4, -0.2) is 17.6 Å². The first kappa shape index (κ1) is 17.9. The molecule has 0 aliphatic heterocycles. The maximum atomic E-state index is 12.1. The topological polar surface area (TPSA) is 53.2 Å². The van der Waals surface area contributed by atoms with Gasteiger partial charge in [0, 0.05) is 11.4 Å². The normalized spacial score (nSPS) is 10.1. The molecule has 2 aromatic carbocycles. The molecule has 24 heavy (non-hydrogen) atoms. The molecule has 0 aromatic heterocycles. The summed E-state index contributed by atoms with van der Waals surface area (Å²) < 4.78 is 0. The van der Waals surface area contributed by atoms with Crippen molar-refractivity contribution in [3.63, 3.8) is 0 Å². The van der Waals surface area contributed by atoms with Crippen molar-refractivity contribution in [2.75, 3.05) is 17.2 Å². The first-order valence-electron chi connectivity index (χ1n) is 8.14. The van der Waals surface area contributed by atoms with Crippen LogP contribution in [-0.2, 0) is 17.6 Å². The average Bonchev–Trinajstić information content (AvgIpc) is 2.61. The second kappa shape index (κ2) is 9.03. The fraction of sp³-hybridized carbons (Fsp3) is 0.263. The van der Waals surface area contributed by atoms with E-state index in [2.05, 4.69) is 41.9 Å². The van der Waals surface area contributed by atoms with Crippen molar-refractivity contribution in [1.29, 1.82) is 0 Å². The molecule has 4 nitrogen and oxygen atoms in total. The lowest BCUT2D eigenvalue weighted by Gasteiger charge is -2.12. The van der Waals surface area contributed by atoms with Gasteiger partial charge in [-0.3, -0.25) is 4.79 Å². The Morgan fingerprint density at radius 2 is 1.67 bits per heavy atom. The second-order valence-corrected chi connectivity index (χ2v) is 5.83. The van der Waals surface area contributed by atoms with Crippen molar-refractivity contribution >= 4 is 34.6 Å². The van der Waals surface area contributed by atoms with E-state index in [0.717, 1.165) is 29.8 Å². The van der Waals surface area contributed by atoms with Gasteiger partial charge in [0.25, 0.3) is 0 Å². The van der Waals surface area contributed by atoms with E-state index in [0.29, 0.717) is 5.11 Å². The number of anilines is 2. The molecule has 0 radical (unpaired) electrons. The molecule has 0 aliphatic carbocycles. The quantitative estimate of drug-likeness (QED) is 0.701. The minimum absolute atomic E-state index is 0.122. The third-order valence-electron chi connectivity index (χ3n) is 3.70. The molecule has 0 saturated carbocycles. The second-order valence-electron chi connectivity index (χ2n) is 5.42. The van der Waals surface area contributed by atoms with Gasteiger partial charge in [0.05, 0.1) is 6.54 Å². The molecule has 0 saturated heterocycles. The van der Waals surface area contributed by atoms with Crippen LogP contribution >= 0.6 is 12.2 Å². The molecular weight excluding hydrogens is 318 g/mol. The molecule has 0 spiro atoms. The number of para-hydroxylation sites is 1. The summed E-state index contributed by atoms with van der Waals surface area (Å²) >= 11 is 5.23. The Bertz CT molecular complexity index is 698. The SMILES string of the molecule is CCc1ccc(NC(=S)NCC(=O)Nc2ccccc2CC)cc1. The van der Waals surface area contributed by atoms with Gasteiger partial charge in [-0.1, -0.05) is 44.2 Å². The molecule has 1 amide bonds. The Labute approximate surface area is 148 Å². The summed E-state index contributed by atoms with van der Waals surface area (Å²) in [5.74, 6) is -0.124. The lowest BCUT2D eigenvalue weighted by atomic mass is 10.1. The zero-order valence-corrected chi connectivity index (χ0v) is 14.9. The number of benzene rings is 2. The van der Waals surface area contributed by atoms with Crippen LogP contribution in [0.25, 0.3) is 0 Å². The van der Waals surface area contributed by atoms with E-state index >= 15 is 0 Å². The molecule has 0 fully saturated rings. The molecule has 0 bridgehead atoms. The lowest BCUT2D eigenvalue weighted by molar-refractivity contribution is -0.115. The van der Waals surface area contributed by atoms with E-state index in [-0.39, 0.29) is 12.5 Å². The fourth-order valence-electron chi connectivity index (χ4n) is 2.30. The summed E-state index contributed by atoms with van der Waals surface area (Å²) in [5.41, 5.74) is 4.14. The Hall–Kier alpha value is -2.40. The summed E-state index contributed by atoms with van der Waals surface area (Å²) in [6, 6.07) is 15.9. The van der Waals surface area contributed by atoms with Gasteiger partial charge in [-0.15, -0.1) is 0 Å². The summed E-state index contributed by atoms with van der Waals surface area (Å²) in [6.45, 7) is 4.30. The van der Waals surface area contributed by atoms with E-state index in [1.54, 1.807) is 0 Å². The molecule has 0 atom stereocenters. The average molecular weight is 341 g/mol. The zero-order chi connectivity index (χ0) is 17.4. The monoisotopic (exact) mass is 341 g/mol. The van der Waals surface area contributed by atoms with Gasteiger partial charge in [0.15, 0.2) is 5.11 Å². The maximum absolute atomic E-state index is 12.1. The van der Waals surface area contributed by atoms with Crippen LogP contribution in [0.1, 0.15) is 25.0 Å². The van der Waals surface area contributed by atoms with Gasteiger partial charge in [0.2, 0.25) is 5.91 Å². The molecule has 2 aromatic rings. The van der Waals surface area contributed by atoms with Gasteiger partial charge in [-0.2, -0.15) is 0 Å². The van der Waals surface area contributed by atoms with Crippen LogP contribution in [0.2, 0.25) is 0 Å². The van der Waals surface area contributed by atoms with Crippen LogP contribution < -0.4 is 16.0 Å². The first-order valence-corrected chi connectivity index (χ1v) is 8.54. The Balaban J connectivity index is 1.81. The highest BCUT2D eigenvalue weighted by Crippen LogP contribution is 2.15. The summed E-state index contributed by atoms with van der Waals surface area (Å²) in [7, 11) is 0. The minimum atomic E-state index is -0.124. The third-order valence-corrected chi connectivity index (χ3v) is 3.95. The standard InChI is InChI=1S/C19H23N3OS/c1-3-14-9-11-16(12-10-14)21-19(24)20-13-18(23)22-17-8-6-5-7-15(17)4-2/h5-12H,3-4,13H2,1-2H3,(H,22,23)(H2,20,21,24). The van der Waals surface area contributed by atoms with Gasteiger partial charge in [0.1, 0.15) is 0 Å². The molecule has 5 heteroatoms. The fourth-order valence-corrected chi connectivity index (χ4v) is 2.49. The molecule has 0 aliphatic rings. The zero-order valence-electron chi connectivity index (χ0n) is 14.1. The largest absolute Gasteiger partial charge is 0.353 e. The Morgan fingerprint density at radius 3 is 2.33 bits per heavy atom. The van der Waals surface area contributed by atoms with Crippen molar-refractivity contribution in [1.82, 2.24) is 5.32 Å². The molecule has 126 valence electrons. The third kappa shape index (κ3) is 5.35. The smallest absolute Gasteiger partial charge is 0.243 e. The number of hydrogen-bond acceptors (Lipinski definition) is 2. The highest BCUT2D eigenvalue weighted by Gasteiger charge is 2.06. The van der Waals surface area contributed by atoms with E-state index in [4.69, 9.17) is 12.2 Å². The van der Waals surface area contributed by atoms with E-state index in [9.17, 15) is 4.79 Å². The number of nitrogens with one attached hydrogen (secondary N) is 3. The Morgan fingerprint density at radius 1 is 0.958 bits per heavy atom. The number of carbonyl (C=O) groups is 1. The van der Waals surface area contributed by atoms with Crippen molar-refractivity contribution in [3.05, 3.63) is 59.7 Å². The van der Waals surface area contributed by atoms with Crippen LogP contribution in [0.15, 0.2) is 48.5 Å². The molecule has 0 heterocycles. The van der Waals surface area contributed by atoms with Gasteiger partial charge in [-0.25, -0.2) is 0 Å². The van der Waals surface area contributed by atoms with E-state index < -0.39 is 0 Å². The number of amides is 1. The number of aryl methyl sites for hydroxylation is 2. The van der Waals surface area contributed by atoms with Crippen molar-refractivity contribution in [2.24, 2.45) is 0 Å². The van der Waals surface area contributed by atoms with E-state index in [1.807, 2.05) is 36.4 Å². The van der Waals surface area contributed by atoms with E-state index in [1.165, 1.54) is 5.56 Å². The van der Waals surface area contributed by atoms with Gasteiger partial charge >= 0.3 is 0 Å². The first-order chi connectivity index (χ1) is 11.6. The number of hydrogen-bond donors (Lipinski definition) is 3. The summed E-state index contributed by atoms with van der Waals surface area (Å²) in [5, 5.41) is 9.34.